The van der Waals surface area contributed by atoms with Crippen LogP contribution in [-0.4, -0.2) is 34.5 Å². The van der Waals surface area contributed by atoms with E-state index in [-0.39, 0.29) is 11.7 Å². The summed E-state index contributed by atoms with van der Waals surface area (Å²) in [5, 5.41) is 17.0. The van der Waals surface area contributed by atoms with Crippen molar-refractivity contribution in [3.05, 3.63) is 22.2 Å². The molecule has 2 N–H and O–H groups in total. The minimum atomic E-state index is -0.398. The van der Waals surface area contributed by atoms with Crippen LogP contribution in [0.4, 0.5) is 17.3 Å². The largest absolute Gasteiger partial charge is 0.373 e. The van der Waals surface area contributed by atoms with Crippen molar-refractivity contribution in [1.29, 1.82) is 0 Å². The van der Waals surface area contributed by atoms with Gasteiger partial charge in [0.25, 0.3) is 0 Å². The van der Waals surface area contributed by atoms with Crippen LogP contribution in [0.25, 0.3) is 0 Å². The Kier molecular flexibility index (Phi) is 4.24. The molecule has 1 unspecified atom stereocenters. The van der Waals surface area contributed by atoms with E-state index in [0.29, 0.717) is 11.6 Å². The summed E-state index contributed by atoms with van der Waals surface area (Å²) in [5.41, 5.74) is 0.0320. The van der Waals surface area contributed by atoms with Crippen LogP contribution in [0.15, 0.2) is 12.1 Å². The number of hydrogen-bond donors (Lipinski definition) is 2. The lowest BCUT2D eigenvalue weighted by atomic mass is 10.2. The first-order valence-corrected chi connectivity index (χ1v) is 7.03. The fraction of sp³-hybridized carbons (Fsp3) is 0.545. The van der Waals surface area contributed by atoms with E-state index in [0.717, 1.165) is 18.6 Å². The lowest BCUT2D eigenvalue weighted by Crippen LogP contribution is -2.26. The SMILES string of the molecule is CNc1ccc([N+](=O)[O-])c(NC2CCCSC2)n1. The predicted molar refractivity (Wildman–Crippen MR) is 74.4 cm³/mol. The molecule has 0 aromatic carbocycles. The summed E-state index contributed by atoms with van der Waals surface area (Å²) >= 11 is 1.87. The molecule has 2 rings (SSSR count). The average molecular weight is 268 g/mol. The summed E-state index contributed by atoms with van der Waals surface area (Å²) in [6, 6.07) is 3.36. The fourth-order valence-electron chi connectivity index (χ4n) is 1.89. The maximum absolute atomic E-state index is 11.0. The zero-order chi connectivity index (χ0) is 13.0. The van der Waals surface area contributed by atoms with Crippen LogP contribution in [0.2, 0.25) is 0 Å². The first-order valence-electron chi connectivity index (χ1n) is 5.88. The van der Waals surface area contributed by atoms with Gasteiger partial charge in [-0.3, -0.25) is 10.1 Å². The molecule has 2 heterocycles. The fourth-order valence-corrected chi connectivity index (χ4v) is 2.96. The highest BCUT2D eigenvalue weighted by atomic mass is 32.2. The molecule has 98 valence electrons. The van der Waals surface area contributed by atoms with Crippen molar-refractivity contribution in [2.24, 2.45) is 0 Å². The smallest absolute Gasteiger partial charge is 0.311 e. The van der Waals surface area contributed by atoms with E-state index >= 15 is 0 Å². The Morgan fingerprint density at radius 2 is 2.39 bits per heavy atom. The van der Waals surface area contributed by atoms with Gasteiger partial charge in [0, 0.05) is 24.9 Å². The summed E-state index contributed by atoms with van der Waals surface area (Å²) in [7, 11) is 1.74. The molecule has 1 aliphatic rings. The molecule has 1 aliphatic heterocycles. The van der Waals surface area contributed by atoms with Gasteiger partial charge in [0.1, 0.15) is 5.82 Å². The lowest BCUT2D eigenvalue weighted by molar-refractivity contribution is -0.384. The highest BCUT2D eigenvalue weighted by Crippen LogP contribution is 2.27. The van der Waals surface area contributed by atoms with Crippen molar-refractivity contribution in [1.82, 2.24) is 4.98 Å². The zero-order valence-electron chi connectivity index (χ0n) is 10.2. The Labute approximate surface area is 110 Å². The van der Waals surface area contributed by atoms with Gasteiger partial charge in [-0.1, -0.05) is 0 Å². The number of anilines is 2. The first-order chi connectivity index (χ1) is 8.70. The standard InChI is InChI=1S/C11H16N4O2S/c1-12-10-5-4-9(15(16)17)11(14-10)13-8-3-2-6-18-7-8/h4-5,8H,2-3,6-7H2,1H3,(H2,12,13,14). The number of aromatic nitrogens is 1. The number of thioether (sulfide) groups is 1. The van der Waals surface area contributed by atoms with Gasteiger partial charge in [0.15, 0.2) is 0 Å². The Morgan fingerprint density at radius 1 is 1.56 bits per heavy atom. The van der Waals surface area contributed by atoms with Crippen LogP contribution in [0.5, 0.6) is 0 Å². The van der Waals surface area contributed by atoms with E-state index in [4.69, 9.17) is 0 Å². The second-order valence-corrected chi connectivity index (χ2v) is 5.28. The van der Waals surface area contributed by atoms with Gasteiger partial charge >= 0.3 is 5.69 Å². The normalized spacial score (nSPS) is 19.3. The summed E-state index contributed by atoms with van der Waals surface area (Å²) < 4.78 is 0. The van der Waals surface area contributed by atoms with Crippen molar-refractivity contribution in [2.45, 2.75) is 18.9 Å². The Balaban J connectivity index is 2.19. The van der Waals surface area contributed by atoms with Crippen molar-refractivity contribution in [2.75, 3.05) is 29.2 Å². The number of nitrogens with one attached hydrogen (secondary N) is 2. The van der Waals surface area contributed by atoms with Crippen molar-refractivity contribution in [3.63, 3.8) is 0 Å². The Morgan fingerprint density at radius 3 is 3.00 bits per heavy atom. The molecule has 1 aromatic heterocycles. The van der Waals surface area contributed by atoms with Crippen LogP contribution in [0, 0.1) is 10.1 Å². The highest BCUT2D eigenvalue weighted by Gasteiger charge is 2.20. The third-order valence-electron chi connectivity index (χ3n) is 2.83. The Bertz CT molecular complexity index is 435. The highest BCUT2D eigenvalue weighted by molar-refractivity contribution is 7.99. The predicted octanol–water partition coefficient (Wildman–Crippen LogP) is 2.34. The summed E-state index contributed by atoms with van der Waals surface area (Å²) in [5.74, 6) is 3.14. The molecule has 18 heavy (non-hydrogen) atoms. The molecule has 0 bridgehead atoms. The molecule has 0 radical (unpaired) electrons. The number of nitrogens with zero attached hydrogens (tertiary/aromatic N) is 2. The molecule has 1 saturated heterocycles. The molecule has 0 amide bonds. The van der Waals surface area contributed by atoms with Gasteiger partial charge in [0.05, 0.1) is 4.92 Å². The quantitative estimate of drug-likeness (QED) is 0.644. The summed E-state index contributed by atoms with van der Waals surface area (Å²) in [6.07, 6.45) is 2.18. The van der Waals surface area contributed by atoms with Gasteiger partial charge < -0.3 is 10.6 Å². The van der Waals surface area contributed by atoms with E-state index in [1.54, 1.807) is 13.1 Å². The van der Waals surface area contributed by atoms with E-state index in [9.17, 15) is 10.1 Å². The monoisotopic (exact) mass is 268 g/mol. The molecular formula is C11H16N4O2S. The van der Waals surface area contributed by atoms with E-state index in [1.807, 2.05) is 11.8 Å². The van der Waals surface area contributed by atoms with Crippen LogP contribution >= 0.6 is 11.8 Å². The Hall–Kier alpha value is -1.50. The summed E-state index contributed by atoms with van der Waals surface area (Å²) in [6.45, 7) is 0. The molecule has 7 heteroatoms. The minimum Gasteiger partial charge on any atom is -0.373 e. The van der Waals surface area contributed by atoms with Crippen molar-refractivity contribution >= 4 is 29.1 Å². The number of hydrogen-bond acceptors (Lipinski definition) is 6. The molecule has 0 saturated carbocycles. The van der Waals surface area contributed by atoms with Gasteiger partial charge in [-0.2, -0.15) is 11.8 Å². The second-order valence-electron chi connectivity index (χ2n) is 4.13. The van der Waals surface area contributed by atoms with Crippen LogP contribution < -0.4 is 10.6 Å². The summed E-state index contributed by atoms with van der Waals surface area (Å²) in [4.78, 5) is 14.8. The lowest BCUT2D eigenvalue weighted by Gasteiger charge is -2.22. The molecule has 0 aliphatic carbocycles. The third kappa shape index (κ3) is 3.04. The third-order valence-corrected chi connectivity index (χ3v) is 4.04. The van der Waals surface area contributed by atoms with Crippen LogP contribution in [-0.2, 0) is 0 Å². The van der Waals surface area contributed by atoms with Gasteiger partial charge in [0.2, 0.25) is 5.82 Å². The molecule has 1 atom stereocenters. The van der Waals surface area contributed by atoms with Crippen LogP contribution in [0.1, 0.15) is 12.8 Å². The first kappa shape index (κ1) is 12.9. The minimum absolute atomic E-state index is 0.0320. The zero-order valence-corrected chi connectivity index (χ0v) is 11.0. The van der Waals surface area contributed by atoms with E-state index in [1.165, 1.54) is 11.8 Å². The maximum atomic E-state index is 11.0. The molecule has 6 nitrogen and oxygen atoms in total. The number of rotatable bonds is 4. The van der Waals surface area contributed by atoms with Crippen molar-refractivity contribution < 1.29 is 4.92 Å². The van der Waals surface area contributed by atoms with Crippen molar-refractivity contribution in [3.8, 4) is 0 Å². The van der Waals surface area contributed by atoms with Crippen LogP contribution in [0.3, 0.4) is 0 Å². The maximum Gasteiger partial charge on any atom is 0.311 e. The average Bonchev–Trinajstić information content (AvgIpc) is 2.39. The van der Waals surface area contributed by atoms with E-state index in [2.05, 4.69) is 15.6 Å². The molecule has 0 spiro atoms. The molecule has 1 fully saturated rings. The van der Waals surface area contributed by atoms with Gasteiger partial charge in [-0.25, -0.2) is 4.98 Å². The van der Waals surface area contributed by atoms with E-state index < -0.39 is 4.92 Å². The molecule has 1 aromatic rings. The number of pyridine rings is 1. The molecular weight excluding hydrogens is 252 g/mol. The van der Waals surface area contributed by atoms with Gasteiger partial charge in [-0.15, -0.1) is 0 Å². The topological polar surface area (TPSA) is 80.1 Å². The van der Waals surface area contributed by atoms with Gasteiger partial charge in [-0.05, 0) is 24.7 Å². The second kappa shape index (κ2) is 5.90. The number of nitro groups is 1.